The van der Waals surface area contributed by atoms with Crippen molar-refractivity contribution < 1.29 is 37.6 Å². The summed E-state index contributed by atoms with van der Waals surface area (Å²) in [5, 5.41) is 36.6. The molecule has 0 saturated heterocycles. The molecule has 0 aliphatic heterocycles. The van der Waals surface area contributed by atoms with Crippen LogP contribution in [0.4, 0.5) is 0 Å². The number of hydrogen-bond donors (Lipinski definition) is 5. The first-order valence-electron chi connectivity index (χ1n) is 16.6. The highest BCUT2D eigenvalue weighted by atomic mass is 32.2. The highest BCUT2D eigenvalue weighted by Gasteiger charge is 2.65. The van der Waals surface area contributed by atoms with Crippen molar-refractivity contribution in [2.75, 3.05) is 39.5 Å². The summed E-state index contributed by atoms with van der Waals surface area (Å²) in [6.07, 6.45) is 7.47. The average molecular weight is 616 g/mol. The lowest BCUT2D eigenvalue weighted by Gasteiger charge is -2.63. The van der Waals surface area contributed by atoms with E-state index in [1.54, 1.807) is 0 Å². The number of hydrogen-bond acceptors (Lipinski definition) is 6. The molecule has 0 unspecified atom stereocenters. The summed E-state index contributed by atoms with van der Waals surface area (Å²) in [5.74, 6) is 1.52. The number of nitrogens with zero attached hydrogens (tertiary/aromatic N) is 1. The van der Waals surface area contributed by atoms with Crippen molar-refractivity contribution in [3.63, 3.8) is 0 Å². The van der Waals surface area contributed by atoms with E-state index >= 15 is 0 Å². The first kappa shape index (κ1) is 34.1. The topological polar surface area (TPSA) is 144 Å². The molecular weight excluding hydrogens is 556 g/mol. The molecule has 4 aliphatic carbocycles. The molecule has 0 aromatic rings. The Morgan fingerprint density at radius 1 is 1.00 bits per heavy atom. The summed E-state index contributed by atoms with van der Waals surface area (Å²) in [7, 11) is 0.114. The van der Waals surface area contributed by atoms with Gasteiger partial charge in [0, 0.05) is 25.8 Å². The predicted molar refractivity (Wildman–Crippen MR) is 163 cm³/mol. The van der Waals surface area contributed by atoms with Gasteiger partial charge in [0.05, 0.1) is 51.2 Å². The van der Waals surface area contributed by atoms with Gasteiger partial charge in [0.15, 0.2) is 0 Å². The monoisotopic (exact) mass is 615 g/mol. The van der Waals surface area contributed by atoms with Crippen molar-refractivity contribution in [3.8, 4) is 0 Å². The quantitative estimate of drug-likeness (QED) is 0.129. The molecular formula is C32H59N2O7S+. The maximum Gasteiger partial charge on any atom is 0.265 e. The number of rotatable bonds is 12. The summed E-state index contributed by atoms with van der Waals surface area (Å²) in [6.45, 7) is 8.87. The maximum atomic E-state index is 12.7. The van der Waals surface area contributed by atoms with Crippen LogP contribution in [-0.2, 0) is 14.9 Å². The van der Waals surface area contributed by atoms with E-state index in [1.165, 1.54) is 0 Å². The molecule has 0 heterocycles. The molecule has 10 heteroatoms. The molecule has 0 spiro atoms. The Labute approximate surface area is 254 Å². The largest absolute Gasteiger partial charge is 0.393 e. The minimum Gasteiger partial charge on any atom is -0.393 e. The second-order valence-electron chi connectivity index (χ2n) is 15.8. The molecule has 0 aromatic heterocycles. The van der Waals surface area contributed by atoms with Crippen molar-refractivity contribution in [3.05, 3.63) is 0 Å². The van der Waals surface area contributed by atoms with Gasteiger partial charge in [-0.25, -0.2) is 0 Å². The Hall–Kier alpha value is -0.780. The zero-order valence-electron chi connectivity index (χ0n) is 26.7. The first-order chi connectivity index (χ1) is 19.5. The number of nitrogens with one attached hydrogen (secondary N) is 1. The third-order valence-electron chi connectivity index (χ3n) is 12.8. The Kier molecular flexibility index (Phi) is 10.5. The number of fused-ring (bicyclic) bond motifs is 5. The van der Waals surface area contributed by atoms with E-state index in [0.29, 0.717) is 48.2 Å². The summed E-state index contributed by atoms with van der Waals surface area (Å²) in [4.78, 5) is 12.7. The average Bonchev–Trinajstić information content (AvgIpc) is 3.24. The minimum absolute atomic E-state index is 0.0450. The van der Waals surface area contributed by atoms with Crippen LogP contribution in [0.3, 0.4) is 0 Å². The van der Waals surface area contributed by atoms with Gasteiger partial charge in [-0.05, 0) is 97.7 Å². The number of aliphatic hydroxyl groups is 3. The van der Waals surface area contributed by atoms with Gasteiger partial charge in [-0.15, -0.1) is 0 Å². The van der Waals surface area contributed by atoms with Gasteiger partial charge in [-0.1, -0.05) is 20.8 Å². The lowest BCUT2D eigenvalue weighted by molar-refractivity contribution is -0.890. The molecule has 42 heavy (non-hydrogen) atoms. The van der Waals surface area contributed by atoms with Gasteiger partial charge in [0.1, 0.15) is 0 Å². The molecule has 244 valence electrons. The van der Waals surface area contributed by atoms with Crippen LogP contribution in [0, 0.1) is 46.3 Å². The Morgan fingerprint density at radius 2 is 1.69 bits per heavy atom. The highest BCUT2D eigenvalue weighted by molar-refractivity contribution is 7.85. The minimum atomic E-state index is -3.93. The van der Waals surface area contributed by atoms with Crippen LogP contribution in [0.25, 0.3) is 0 Å². The number of carbonyl (C=O) groups is 1. The fourth-order valence-corrected chi connectivity index (χ4v) is 10.8. The maximum absolute atomic E-state index is 12.7. The van der Waals surface area contributed by atoms with E-state index in [4.69, 9.17) is 4.55 Å². The second kappa shape index (κ2) is 12.9. The fraction of sp³-hybridized carbons (Fsp3) is 0.969. The highest BCUT2D eigenvalue weighted by Crippen LogP contribution is 2.68. The third-order valence-corrected chi connectivity index (χ3v) is 13.6. The zero-order valence-corrected chi connectivity index (χ0v) is 27.5. The normalized spacial score (nSPS) is 41.0. The van der Waals surface area contributed by atoms with Gasteiger partial charge >= 0.3 is 0 Å². The Bertz CT molecular complexity index is 1050. The van der Waals surface area contributed by atoms with Gasteiger partial charge < -0.3 is 25.1 Å². The predicted octanol–water partition coefficient (Wildman–Crippen LogP) is 3.22. The van der Waals surface area contributed by atoms with Crippen molar-refractivity contribution in [2.45, 2.75) is 110 Å². The molecule has 0 radical (unpaired) electrons. The SMILES string of the molecule is C[C@H](CCC(=O)NCCC[N+](C)(C)CCCS(=O)(=O)O)[C@H]1CC[C@@H]2[C@H]3[C@H](O)C[C@H]4C[C@@H](O)CC[C@]4(C)[C@H]3C[C@H](O)[C@@]21C. The number of amides is 1. The smallest absolute Gasteiger partial charge is 0.265 e. The van der Waals surface area contributed by atoms with Crippen molar-refractivity contribution in [1.29, 1.82) is 0 Å². The van der Waals surface area contributed by atoms with Crippen LogP contribution in [0.2, 0.25) is 0 Å². The van der Waals surface area contributed by atoms with Gasteiger partial charge in [0.25, 0.3) is 10.1 Å². The second-order valence-corrected chi connectivity index (χ2v) is 17.3. The van der Waals surface area contributed by atoms with Crippen LogP contribution in [-0.4, -0.2) is 96.5 Å². The molecule has 4 fully saturated rings. The van der Waals surface area contributed by atoms with Gasteiger partial charge in [-0.3, -0.25) is 9.35 Å². The van der Waals surface area contributed by atoms with E-state index in [9.17, 15) is 28.5 Å². The van der Waals surface area contributed by atoms with E-state index in [-0.39, 0.29) is 52.5 Å². The van der Waals surface area contributed by atoms with Gasteiger partial charge in [0.2, 0.25) is 5.91 Å². The molecule has 1 amide bonds. The molecule has 11 atom stereocenters. The zero-order chi connectivity index (χ0) is 31.1. The van der Waals surface area contributed by atoms with Crippen LogP contribution in [0.5, 0.6) is 0 Å². The van der Waals surface area contributed by atoms with E-state index in [0.717, 1.165) is 64.3 Å². The number of quaternary nitrogens is 1. The third kappa shape index (κ3) is 7.20. The van der Waals surface area contributed by atoms with Crippen molar-refractivity contribution in [2.24, 2.45) is 46.3 Å². The summed E-state index contributed by atoms with van der Waals surface area (Å²) >= 11 is 0. The van der Waals surface area contributed by atoms with E-state index in [2.05, 4.69) is 26.1 Å². The molecule has 4 saturated carbocycles. The van der Waals surface area contributed by atoms with Crippen LogP contribution < -0.4 is 5.32 Å². The lowest BCUT2D eigenvalue weighted by atomic mass is 9.43. The molecule has 9 nitrogen and oxygen atoms in total. The van der Waals surface area contributed by atoms with E-state index in [1.807, 2.05) is 14.1 Å². The van der Waals surface area contributed by atoms with Crippen molar-refractivity contribution >= 4 is 16.0 Å². The van der Waals surface area contributed by atoms with E-state index < -0.39 is 16.2 Å². The molecule has 4 rings (SSSR count). The van der Waals surface area contributed by atoms with Crippen LogP contribution >= 0.6 is 0 Å². The first-order valence-corrected chi connectivity index (χ1v) is 18.2. The Morgan fingerprint density at radius 3 is 2.38 bits per heavy atom. The standard InChI is InChI=1S/C32H58N2O7S/c1-21(8-11-29(38)33-14-6-15-34(4,5)16-7-17-42(39,40)41)24-9-10-25-30-26(20-28(37)32(24,25)3)31(2)13-12-23(35)18-22(31)19-27(30)36/h21-28,30,35-37H,6-20H2,1-5H3,(H-,33,38,39,40,41)/p+1/t21-,22-,23+,24-,25-,26+,27-,28+,30-,31+,32-/m1/s1. The molecule has 5 N–H and O–H groups in total. The van der Waals surface area contributed by atoms with Gasteiger partial charge in [-0.2, -0.15) is 8.42 Å². The molecule has 0 aromatic carbocycles. The summed E-state index contributed by atoms with van der Waals surface area (Å²) < 4.78 is 31.5. The number of aliphatic hydroxyl groups excluding tert-OH is 3. The van der Waals surface area contributed by atoms with Crippen LogP contribution in [0.15, 0.2) is 0 Å². The molecule has 4 aliphatic rings. The van der Waals surface area contributed by atoms with Crippen LogP contribution in [0.1, 0.15) is 91.4 Å². The van der Waals surface area contributed by atoms with Crippen molar-refractivity contribution in [1.82, 2.24) is 5.32 Å². The summed E-state index contributed by atoms with van der Waals surface area (Å²) in [5.41, 5.74) is -0.185. The molecule has 0 bridgehead atoms. The lowest BCUT2D eigenvalue weighted by Crippen LogP contribution is -2.62. The Balaban J connectivity index is 1.27. The fourth-order valence-electron chi connectivity index (χ4n) is 10.3. The number of carbonyl (C=O) groups excluding carboxylic acids is 1. The summed E-state index contributed by atoms with van der Waals surface area (Å²) in [6, 6.07) is 0.